The van der Waals surface area contributed by atoms with E-state index >= 15 is 0 Å². The highest BCUT2D eigenvalue weighted by Crippen LogP contribution is 2.31. The van der Waals surface area contributed by atoms with E-state index in [1.165, 1.54) is 28.4 Å². The van der Waals surface area contributed by atoms with E-state index in [0.29, 0.717) is 0 Å². The molecule has 1 aromatic rings. The van der Waals surface area contributed by atoms with Gasteiger partial charge in [-0.15, -0.1) is 0 Å². The number of benzene rings is 1. The lowest BCUT2D eigenvalue weighted by molar-refractivity contribution is 0.118. The normalized spacial score (nSPS) is 18.5. The van der Waals surface area contributed by atoms with Gasteiger partial charge in [0.05, 0.1) is 6.10 Å². The van der Waals surface area contributed by atoms with Crippen LogP contribution in [0.25, 0.3) is 0 Å². The predicted molar refractivity (Wildman–Crippen MR) is 70.8 cm³/mol. The van der Waals surface area contributed by atoms with Crippen molar-refractivity contribution in [2.75, 3.05) is 0 Å². The Kier molecular flexibility index (Phi) is 4.03. The van der Waals surface area contributed by atoms with E-state index in [0.717, 1.165) is 18.8 Å². The molecule has 0 saturated heterocycles. The topological polar surface area (TPSA) is 20.2 Å². The highest BCUT2D eigenvalue weighted by molar-refractivity contribution is 14.1. The molecule has 0 amide bonds. The lowest BCUT2D eigenvalue weighted by atomic mass is 9.80. The van der Waals surface area contributed by atoms with Gasteiger partial charge in [0.15, 0.2) is 0 Å². The van der Waals surface area contributed by atoms with Gasteiger partial charge in [0, 0.05) is 3.57 Å². The van der Waals surface area contributed by atoms with E-state index in [2.05, 4.69) is 46.9 Å². The summed E-state index contributed by atoms with van der Waals surface area (Å²) in [5.74, 6) is 0.795. The van der Waals surface area contributed by atoms with Crippen molar-refractivity contribution in [3.05, 3.63) is 33.4 Å². The Labute approximate surface area is 105 Å². The van der Waals surface area contributed by atoms with Gasteiger partial charge >= 0.3 is 0 Å². The molecule has 1 aromatic carbocycles. The average molecular weight is 316 g/mol. The Hall–Kier alpha value is -0.0900. The van der Waals surface area contributed by atoms with Gasteiger partial charge in [-0.1, -0.05) is 31.4 Å². The van der Waals surface area contributed by atoms with Crippen LogP contribution in [0.1, 0.15) is 31.2 Å². The van der Waals surface area contributed by atoms with E-state index < -0.39 is 0 Å². The van der Waals surface area contributed by atoms with Crippen LogP contribution in [-0.4, -0.2) is 11.2 Å². The molecule has 1 aliphatic rings. The summed E-state index contributed by atoms with van der Waals surface area (Å²) in [7, 11) is 0. The Morgan fingerprint density at radius 3 is 2.47 bits per heavy atom. The van der Waals surface area contributed by atoms with Crippen molar-refractivity contribution in [3.8, 4) is 0 Å². The molecule has 2 heteroatoms. The summed E-state index contributed by atoms with van der Waals surface area (Å²) in [6.45, 7) is 0. The predicted octanol–water partition coefficient (Wildman–Crippen LogP) is 3.38. The minimum atomic E-state index is -0.143. The number of hydrogen-bond acceptors (Lipinski definition) is 1. The Balaban J connectivity index is 1.82. The number of aliphatic hydroxyl groups is 1. The highest BCUT2D eigenvalue weighted by Gasteiger charge is 2.20. The van der Waals surface area contributed by atoms with Crippen molar-refractivity contribution in [3.63, 3.8) is 0 Å². The molecule has 0 radical (unpaired) electrons. The summed E-state index contributed by atoms with van der Waals surface area (Å²) in [6, 6.07) is 8.44. The molecule has 1 fully saturated rings. The fourth-order valence-electron chi connectivity index (χ4n) is 2.09. The van der Waals surface area contributed by atoms with Gasteiger partial charge < -0.3 is 5.11 Å². The fraction of sp³-hybridized carbons (Fsp3) is 0.538. The van der Waals surface area contributed by atoms with Crippen LogP contribution < -0.4 is 0 Å². The summed E-state index contributed by atoms with van der Waals surface area (Å²) < 4.78 is 1.25. The number of hydrogen-bond donors (Lipinski definition) is 1. The average Bonchev–Trinajstić information content (AvgIpc) is 2.16. The maximum Gasteiger partial charge on any atom is 0.0583 e. The first kappa shape index (κ1) is 11.4. The van der Waals surface area contributed by atoms with Crippen LogP contribution in [-0.2, 0) is 6.42 Å². The number of halogens is 1. The molecule has 0 bridgehead atoms. The van der Waals surface area contributed by atoms with Crippen LogP contribution in [0.2, 0.25) is 0 Å². The first-order chi connectivity index (χ1) is 7.24. The zero-order valence-corrected chi connectivity index (χ0v) is 11.0. The number of aliphatic hydroxyl groups excluding tert-OH is 1. The molecule has 2 rings (SSSR count). The quantitative estimate of drug-likeness (QED) is 0.844. The first-order valence-corrected chi connectivity index (χ1v) is 6.74. The summed E-state index contributed by atoms with van der Waals surface area (Å²) in [6.07, 6.45) is 5.67. The van der Waals surface area contributed by atoms with Crippen molar-refractivity contribution < 1.29 is 5.11 Å². The second-order valence-electron chi connectivity index (χ2n) is 4.52. The van der Waals surface area contributed by atoms with Gasteiger partial charge in [-0.25, -0.2) is 0 Å². The SMILES string of the molecule is OC(Cc1ccc(I)cc1)CC1CCC1. The molecule has 0 aliphatic heterocycles. The van der Waals surface area contributed by atoms with Crippen molar-refractivity contribution in [1.29, 1.82) is 0 Å². The first-order valence-electron chi connectivity index (χ1n) is 5.66. The smallest absolute Gasteiger partial charge is 0.0583 e. The van der Waals surface area contributed by atoms with Crippen LogP contribution in [0.3, 0.4) is 0 Å². The summed E-state index contributed by atoms with van der Waals surface area (Å²) in [4.78, 5) is 0. The maximum atomic E-state index is 9.91. The minimum absolute atomic E-state index is 0.143. The summed E-state index contributed by atoms with van der Waals surface area (Å²) >= 11 is 2.30. The second-order valence-corrected chi connectivity index (χ2v) is 5.76. The molecule has 1 atom stereocenters. The van der Waals surface area contributed by atoms with Crippen LogP contribution >= 0.6 is 22.6 Å². The van der Waals surface area contributed by atoms with Crippen LogP contribution in [0.4, 0.5) is 0 Å². The molecule has 0 heterocycles. The Bertz CT molecular complexity index is 303. The van der Waals surface area contributed by atoms with Gasteiger partial charge in [0.25, 0.3) is 0 Å². The molecular weight excluding hydrogens is 299 g/mol. The molecule has 15 heavy (non-hydrogen) atoms. The third kappa shape index (κ3) is 3.45. The van der Waals surface area contributed by atoms with Crippen LogP contribution in [0.15, 0.2) is 24.3 Å². The zero-order valence-electron chi connectivity index (χ0n) is 8.82. The molecule has 1 N–H and O–H groups in total. The zero-order chi connectivity index (χ0) is 10.7. The fourth-order valence-corrected chi connectivity index (χ4v) is 2.45. The Morgan fingerprint density at radius 1 is 1.27 bits per heavy atom. The van der Waals surface area contributed by atoms with Crippen molar-refractivity contribution in [2.45, 2.75) is 38.2 Å². The lowest BCUT2D eigenvalue weighted by Gasteiger charge is -2.27. The highest BCUT2D eigenvalue weighted by atomic mass is 127. The molecule has 82 valence electrons. The third-order valence-electron chi connectivity index (χ3n) is 3.21. The van der Waals surface area contributed by atoms with E-state index in [1.54, 1.807) is 0 Å². The standard InChI is InChI=1S/C13H17IO/c14-12-6-4-11(5-7-12)9-13(15)8-10-2-1-3-10/h4-7,10,13,15H,1-3,8-9H2. The summed E-state index contributed by atoms with van der Waals surface area (Å²) in [5, 5.41) is 9.91. The van der Waals surface area contributed by atoms with Crippen LogP contribution in [0.5, 0.6) is 0 Å². The van der Waals surface area contributed by atoms with Crippen molar-refractivity contribution in [2.24, 2.45) is 5.92 Å². The maximum absolute atomic E-state index is 9.91. The largest absolute Gasteiger partial charge is 0.393 e. The van der Waals surface area contributed by atoms with Gasteiger partial charge in [0.1, 0.15) is 0 Å². The minimum Gasteiger partial charge on any atom is -0.393 e. The molecule has 0 aromatic heterocycles. The number of rotatable bonds is 4. The third-order valence-corrected chi connectivity index (χ3v) is 3.93. The van der Waals surface area contributed by atoms with Gasteiger partial charge in [-0.2, -0.15) is 0 Å². The molecule has 1 aliphatic carbocycles. The van der Waals surface area contributed by atoms with Gasteiger partial charge in [-0.3, -0.25) is 0 Å². The molecule has 1 saturated carbocycles. The molecule has 1 unspecified atom stereocenters. The monoisotopic (exact) mass is 316 g/mol. The second kappa shape index (κ2) is 5.30. The Morgan fingerprint density at radius 2 is 1.93 bits per heavy atom. The molecular formula is C13H17IO. The molecule has 1 nitrogen and oxygen atoms in total. The molecule has 0 spiro atoms. The lowest BCUT2D eigenvalue weighted by Crippen LogP contribution is -2.20. The van der Waals surface area contributed by atoms with Crippen LogP contribution in [0, 0.1) is 9.49 Å². The van der Waals surface area contributed by atoms with Gasteiger partial charge in [0.2, 0.25) is 0 Å². The van der Waals surface area contributed by atoms with Gasteiger partial charge in [-0.05, 0) is 59.0 Å². The van der Waals surface area contributed by atoms with E-state index in [-0.39, 0.29) is 6.10 Å². The van der Waals surface area contributed by atoms with Crippen molar-refractivity contribution >= 4 is 22.6 Å². The van der Waals surface area contributed by atoms with E-state index in [1.807, 2.05) is 0 Å². The summed E-state index contributed by atoms with van der Waals surface area (Å²) in [5.41, 5.74) is 1.25. The van der Waals surface area contributed by atoms with E-state index in [9.17, 15) is 5.11 Å². The van der Waals surface area contributed by atoms with E-state index in [4.69, 9.17) is 0 Å². The van der Waals surface area contributed by atoms with Crippen molar-refractivity contribution in [1.82, 2.24) is 0 Å².